The van der Waals surface area contributed by atoms with E-state index in [0.29, 0.717) is 13.0 Å². The second kappa shape index (κ2) is 3.93. The zero-order chi connectivity index (χ0) is 10.6. The molecule has 0 amide bonds. The number of hydrogen-bond acceptors (Lipinski definition) is 4. The van der Waals surface area contributed by atoms with Gasteiger partial charge in [0, 0.05) is 0 Å². The lowest BCUT2D eigenvalue weighted by Crippen LogP contribution is -2.30. The molecule has 0 aromatic heterocycles. The van der Waals surface area contributed by atoms with Crippen LogP contribution in [0.2, 0.25) is 0 Å². The molecule has 1 unspecified atom stereocenters. The molecule has 0 saturated carbocycles. The van der Waals surface area contributed by atoms with E-state index >= 15 is 0 Å². The van der Waals surface area contributed by atoms with Crippen LogP contribution < -0.4 is 0 Å². The lowest BCUT2D eigenvalue weighted by molar-refractivity contribution is -0.142. The maximum Gasteiger partial charge on any atom is 0.311 e. The van der Waals surface area contributed by atoms with Crippen LogP contribution in [0.15, 0.2) is 12.7 Å². The van der Waals surface area contributed by atoms with E-state index in [1.54, 1.807) is 0 Å². The van der Waals surface area contributed by atoms with Crippen LogP contribution in [0.1, 0.15) is 12.8 Å². The van der Waals surface area contributed by atoms with Crippen molar-refractivity contribution in [2.75, 3.05) is 6.61 Å². The van der Waals surface area contributed by atoms with Crippen LogP contribution in [0, 0.1) is 34.0 Å². The van der Waals surface area contributed by atoms with Crippen LogP contribution in [0.3, 0.4) is 0 Å². The molecule has 1 aliphatic heterocycles. The molecule has 0 aromatic carbocycles. The lowest BCUT2D eigenvalue weighted by Gasteiger charge is -2.20. The summed E-state index contributed by atoms with van der Waals surface area (Å²) in [5.41, 5.74) is -1.30. The number of esters is 1. The van der Waals surface area contributed by atoms with Gasteiger partial charge in [-0.05, 0) is 12.8 Å². The van der Waals surface area contributed by atoms with E-state index in [9.17, 15) is 4.79 Å². The summed E-state index contributed by atoms with van der Waals surface area (Å²) in [6, 6.07) is 3.81. The van der Waals surface area contributed by atoms with Crippen LogP contribution >= 0.6 is 0 Å². The molecule has 1 saturated heterocycles. The molecule has 72 valence electrons. The van der Waals surface area contributed by atoms with Crippen LogP contribution in [-0.2, 0) is 9.53 Å². The van der Waals surface area contributed by atoms with Gasteiger partial charge in [0.15, 0.2) is 5.41 Å². The second-order valence-electron chi connectivity index (χ2n) is 3.20. The molecule has 14 heavy (non-hydrogen) atoms. The number of allylic oxidation sites excluding steroid dienone is 1. The van der Waals surface area contributed by atoms with Crippen molar-refractivity contribution in [3.8, 4) is 12.1 Å². The molecule has 1 rings (SSSR count). The number of rotatable bonds is 3. The van der Waals surface area contributed by atoms with Gasteiger partial charge >= 0.3 is 5.97 Å². The molecule has 0 aliphatic carbocycles. The van der Waals surface area contributed by atoms with E-state index in [1.165, 1.54) is 6.08 Å². The topological polar surface area (TPSA) is 73.9 Å². The number of carbonyl (C=O) groups excluding carboxylic acids is 1. The first kappa shape index (κ1) is 10.3. The number of nitriles is 2. The maximum absolute atomic E-state index is 11.3. The molecular weight excluding hydrogens is 180 g/mol. The Bertz CT molecular complexity index is 321. The first-order valence-corrected chi connectivity index (χ1v) is 4.30. The van der Waals surface area contributed by atoms with Gasteiger partial charge in [-0.3, -0.25) is 4.79 Å². The molecule has 1 atom stereocenters. The van der Waals surface area contributed by atoms with Crippen molar-refractivity contribution in [3.05, 3.63) is 12.7 Å². The Hall–Kier alpha value is -1.81. The molecular formula is C10H10N2O2. The molecule has 0 radical (unpaired) electrons. The van der Waals surface area contributed by atoms with E-state index in [1.807, 2.05) is 12.1 Å². The molecule has 1 aliphatic rings. The molecule has 0 bridgehead atoms. The van der Waals surface area contributed by atoms with Crippen LogP contribution in [0.5, 0.6) is 0 Å². The molecule has 0 N–H and O–H groups in total. The van der Waals surface area contributed by atoms with Crippen molar-refractivity contribution in [2.45, 2.75) is 12.8 Å². The van der Waals surface area contributed by atoms with Gasteiger partial charge in [-0.2, -0.15) is 10.5 Å². The minimum atomic E-state index is -1.30. The summed E-state index contributed by atoms with van der Waals surface area (Å²) in [4.78, 5) is 11.3. The van der Waals surface area contributed by atoms with Crippen LogP contribution in [0.25, 0.3) is 0 Å². The second-order valence-corrected chi connectivity index (χ2v) is 3.20. The fourth-order valence-electron chi connectivity index (χ4n) is 1.59. The summed E-state index contributed by atoms with van der Waals surface area (Å²) in [6.07, 6.45) is 2.12. The zero-order valence-electron chi connectivity index (χ0n) is 7.69. The third-order valence-electron chi connectivity index (χ3n) is 2.40. The van der Waals surface area contributed by atoms with Crippen LogP contribution in [-0.4, -0.2) is 12.6 Å². The van der Waals surface area contributed by atoms with E-state index in [2.05, 4.69) is 6.58 Å². The fraction of sp³-hybridized carbons (Fsp3) is 0.500. The van der Waals surface area contributed by atoms with Gasteiger partial charge in [-0.1, -0.05) is 6.08 Å². The Morgan fingerprint density at radius 1 is 1.64 bits per heavy atom. The van der Waals surface area contributed by atoms with Gasteiger partial charge in [-0.25, -0.2) is 0 Å². The lowest BCUT2D eigenvalue weighted by atomic mass is 9.74. The summed E-state index contributed by atoms with van der Waals surface area (Å²) < 4.78 is 4.75. The predicted octanol–water partition coefficient (Wildman–Crippen LogP) is 1.16. The van der Waals surface area contributed by atoms with Gasteiger partial charge < -0.3 is 4.74 Å². The Morgan fingerprint density at radius 3 is 2.64 bits per heavy atom. The third-order valence-corrected chi connectivity index (χ3v) is 2.40. The first-order chi connectivity index (χ1) is 6.70. The molecule has 0 spiro atoms. The summed E-state index contributed by atoms with van der Waals surface area (Å²) in [7, 11) is 0. The highest BCUT2D eigenvalue weighted by Crippen LogP contribution is 2.37. The Morgan fingerprint density at radius 2 is 2.29 bits per heavy atom. The summed E-state index contributed by atoms with van der Waals surface area (Å²) >= 11 is 0. The number of ether oxygens (including phenoxy) is 1. The van der Waals surface area contributed by atoms with E-state index < -0.39 is 17.3 Å². The molecule has 4 heteroatoms. The monoisotopic (exact) mass is 190 g/mol. The average Bonchev–Trinajstić information content (AvgIpc) is 2.62. The van der Waals surface area contributed by atoms with Gasteiger partial charge in [0.1, 0.15) is 0 Å². The highest BCUT2D eigenvalue weighted by Gasteiger charge is 2.46. The molecule has 1 fully saturated rings. The van der Waals surface area contributed by atoms with Gasteiger partial charge in [0.2, 0.25) is 0 Å². The standard InChI is InChI=1S/C10H10N2O2/c1-2-4-10(6-11,7-12)8-3-5-14-9(8)13/h2,8H,1,3-5H2. The minimum absolute atomic E-state index is 0.194. The van der Waals surface area contributed by atoms with Crippen LogP contribution in [0.4, 0.5) is 0 Å². The number of hydrogen-bond donors (Lipinski definition) is 0. The van der Waals surface area contributed by atoms with Gasteiger partial charge in [-0.15, -0.1) is 6.58 Å². The summed E-state index contributed by atoms with van der Waals surface area (Å²) in [5.74, 6) is -1.08. The Balaban J connectivity index is 2.99. The van der Waals surface area contributed by atoms with Crippen molar-refractivity contribution in [1.82, 2.24) is 0 Å². The van der Waals surface area contributed by atoms with Gasteiger partial charge in [0.05, 0.1) is 24.7 Å². The van der Waals surface area contributed by atoms with Crippen molar-refractivity contribution < 1.29 is 9.53 Å². The smallest absolute Gasteiger partial charge is 0.311 e. The molecule has 4 nitrogen and oxygen atoms in total. The SMILES string of the molecule is C=CCC(C#N)(C#N)C1CCOC1=O. The highest BCUT2D eigenvalue weighted by atomic mass is 16.5. The third kappa shape index (κ3) is 1.47. The summed E-state index contributed by atoms with van der Waals surface area (Å²) in [6.45, 7) is 3.78. The van der Waals surface area contributed by atoms with Gasteiger partial charge in [0.25, 0.3) is 0 Å². The zero-order valence-corrected chi connectivity index (χ0v) is 7.69. The molecule has 1 heterocycles. The van der Waals surface area contributed by atoms with Crippen molar-refractivity contribution >= 4 is 5.97 Å². The predicted molar refractivity (Wildman–Crippen MR) is 47.5 cm³/mol. The largest absolute Gasteiger partial charge is 0.465 e. The fourth-order valence-corrected chi connectivity index (χ4v) is 1.59. The highest BCUT2D eigenvalue weighted by molar-refractivity contribution is 5.76. The van der Waals surface area contributed by atoms with Crippen molar-refractivity contribution in [2.24, 2.45) is 11.3 Å². The number of carbonyl (C=O) groups is 1. The quantitative estimate of drug-likeness (QED) is 0.494. The minimum Gasteiger partial charge on any atom is -0.465 e. The number of nitrogens with zero attached hydrogens (tertiary/aromatic N) is 2. The number of cyclic esters (lactones) is 1. The first-order valence-electron chi connectivity index (χ1n) is 4.30. The molecule has 0 aromatic rings. The van der Waals surface area contributed by atoms with Crippen molar-refractivity contribution in [1.29, 1.82) is 10.5 Å². The Kier molecular flexibility index (Phi) is 2.89. The van der Waals surface area contributed by atoms with E-state index in [4.69, 9.17) is 15.3 Å². The Labute approximate surface area is 82.4 Å². The van der Waals surface area contributed by atoms with E-state index in [0.717, 1.165) is 0 Å². The normalized spacial score (nSPS) is 20.7. The average molecular weight is 190 g/mol. The maximum atomic E-state index is 11.3. The van der Waals surface area contributed by atoms with Crippen molar-refractivity contribution in [3.63, 3.8) is 0 Å². The summed E-state index contributed by atoms with van der Waals surface area (Å²) in [5, 5.41) is 17.9. The van der Waals surface area contributed by atoms with E-state index in [-0.39, 0.29) is 6.42 Å².